The summed E-state index contributed by atoms with van der Waals surface area (Å²) in [5.74, 6) is 1.89. The fraction of sp³-hybridized carbons (Fsp3) is 0.316. The summed E-state index contributed by atoms with van der Waals surface area (Å²) in [6, 6.07) is 18.3. The summed E-state index contributed by atoms with van der Waals surface area (Å²) in [7, 11) is 4.07. The van der Waals surface area contributed by atoms with Crippen molar-refractivity contribution < 1.29 is 18.3 Å². The van der Waals surface area contributed by atoms with Crippen LogP contribution in [0.4, 0.5) is 20.2 Å². The largest absolute Gasteiger partial charge is 0.457 e. The van der Waals surface area contributed by atoms with Crippen molar-refractivity contribution >= 4 is 69.2 Å². The number of ether oxygens (including phenoxy) is 2. The Hall–Kier alpha value is -3.26. The first-order valence-electron chi connectivity index (χ1n) is 15.8. The van der Waals surface area contributed by atoms with Crippen molar-refractivity contribution in [1.82, 2.24) is 9.80 Å². The lowest BCUT2D eigenvalue weighted by molar-refractivity contribution is 0.472. The second kappa shape index (κ2) is 17.4. The van der Waals surface area contributed by atoms with Crippen molar-refractivity contribution in [3.63, 3.8) is 0 Å². The Kier molecular flexibility index (Phi) is 13.6. The SMILES string of the molecule is CCCN(C)C=Nc1cc(C)c(Oc2ccc(I)c(F)c2)cc1C.Cc1cc(Oc2ccc(I)c(F)c2)c(C)cc1N=CN(C)C1CC1. The predicted octanol–water partition coefficient (Wildman–Crippen LogP) is 11.4. The maximum absolute atomic E-state index is 13.7. The van der Waals surface area contributed by atoms with Gasteiger partial charge in [0.1, 0.15) is 34.6 Å². The van der Waals surface area contributed by atoms with E-state index in [0.29, 0.717) is 30.4 Å². The molecule has 0 N–H and O–H groups in total. The molecule has 0 aliphatic heterocycles. The minimum Gasteiger partial charge on any atom is -0.457 e. The maximum atomic E-state index is 13.7. The number of rotatable bonds is 11. The number of hydrogen-bond donors (Lipinski definition) is 0. The molecule has 0 unspecified atom stereocenters. The molecule has 0 bridgehead atoms. The number of benzene rings is 4. The number of hydrogen-bond acceptors (Lipinski definition) is 4. The first kappa shape index (κ1) is 37.6. The zero-order chi connectivity index (χ0) is 35.0. The van der Waals surface area contributed by atoms with Crippen LogP contribution in [0.5, 0.6) is 23.0 Å². The predicted molar refractivity (Wildman–Crippen MR) is 210 cm³/mol. The Morgan fingerprint density at radius 3 is 1.58 bits per heavy atom. The van der Waals surface area contributed by atoms with Gasteiger partial charge >= 0.3 is 0 Å². The molecule has 4 aromatic rings. The fourth-order valence-electron chi connectivity index (χ4n) is 4.68. The summed E-state index contributed by atoms with van der Waals surface area (Å²) in [6.45, 7) is 11.0. The van der Waals surface area contributed by atoms with Gasteiger partial charge in [-0.1, -0.05) is 6.92 Å². The standard InChI is InChI=1S/C19H20FIN2O.C19H22FIN2O/c1-12-9-19(24-15-6-7-17(21)16(20)10-15)13(2)8-18(12)22-11-23(3)14-4-5-14;1-5-8-23(4)12-22-18-9-14(3)19(10-13(18)2)24-15-6-7-17(21)16(20)11-15/h6-11,14H,4-5H2,1-3H3;6-7,9-12H,5,8H2,1-4H3. The van der Waals surface area contributed by atoms with E-state index < -0.39 is 0 Å². The Morgan fingerprint density at radius 1 is 0.708 bits per heavy atom. The second-order valence-corrected chi connectivity index (χ2v) is 14.4. The number of aliphatic imine (C=N–C) groups is 2. The summed E-state index contributed by atoms with van der Waals surface area (Å²) < 4.78 is 40.2. The molecule has 254 valence electrons. The molecule has 4 aromatic carbocycles. The van der Waals surface area contributed by atoms with Crippen molar-refractivity contribution in [2.75, 3.05) is 20.6 Å². The van der Waals surface area contributed by atoms with Gasteiger partial charge in [0.25, 0.3) is 0 Å². The maximum Gasteiger partial charge on any atom is 0.140 e. The molecule has 0 aromatic heterocycles. The van der Waals surface area contributed by atoms with Gasteiger partial charge in [-0.2, -0.15) is 0 Å². The van der Waals surface area contributed by atoms with Gasteiger partial charge in [-0.05, 0) is 163 Å². The first-order chi connectivity index (χ1) is 22.8. The van der Waals surface area contributed by atoms with E-state index in [4.69, 9.17) is 9.47 Å². The van der Waals surface area contributed by atoms with Gasteiger partial charge in [0.15, 0.2) is 0 Å². The average Bonchev–Trinajstić information content (AvgIpc) is 3.89. The monoisotopic (exact) mass is 878 g/mol. The molecule has 10 heteroatoms. The zero-order valence-corrected chi connectivity index (χ0v) is 32.8. The highest BCUT2D eigenvalue weighted by Crippen LogP contribution is 2.34. The highest BCUT2D eigenvalue weighted by Gasteiger charge is 2.24. The number of halogens is 4. The molecule has 1 fully saturated rings. The molecule has 1 saturated carbocycles. The van der Waals surface area contributed by atoms with E-state index in [-0.39, 0.29) is 11.6 Å². The Balaban J connectivity index is 0.000000217. The molecule has 1 aliphatic carbocycles. The molecule has 48 heavy (non-hydrogen) atoms. The van der Waals surface area contributed by atoms with Crippen molar-refractivity contribution in [2.24, 2.45) is 9.98 Å². The van der Waals surface area contributed by atoms with Crippen LogP contribution < -0.4 is 9.47 Å². The van der Waals surface area contributed by atoms with Crippen LogP contribution in [0.1, 0.15) is 48.4 Å². The molecule has 0 atom stereocenters. The average molecular weight is 879 g/mol. The lowest BCUT2D eigenvalue weighted by Crippen LogP contribution is -2.17. The summed E-state index contributed by atoms with van der Waals surface area (Å²) in [4.78, 5) is 13.4. The third-order valence-corrected chi connectivity index (χ3v) is 9.45. The van der Waals surface area contributed by atoms with Crippen molar-refractivity contribution in [2.45, 2.75) is 59.9 Å². The second-order valence-electron chi connectivity index (χ2n) is 12.0. The third-order valence-electron chi connectivity index (χ3n) is 7.70. The van der Waals surface area contributed by atoms with Gasteiger partial charge < -0.3 is 19.3 Å². The van der Waals surface area contributed by atoms with Crippen LogP contribution in [0, 0.1) is 46.5 Å². The van der Waals surface area contributed by atoms with Gasteiger partial charge in [0.05, 0.1) is 24.1 Å². The van der Waals surface area contributed by atoms with E-state index in [9.17, 15) is 8.78 Å². The minimum absolute atomic E-state index is 0.271. The normalized spacial score (nSPS) is 12.6. The quantitative estimate of drug-likeness (QED) is 0.0856. The van der Waals surface area contributed by atoms with Gasteiger partial charge in [-0.3, -0.25) is 0 Å². The van der Waals surface area contributed by atoms with Crippen molar-refractivity contribution in [3.05, 3.63) is 102 Å². The Morgan fingerprint density at radius 2 is 1.17 bits per heavy atom. The molecular formula is C38H42F2I2N4O2. The van der Waals surface area contributed by atoms with E-state index in [1.54, 1.807) is 24.3 Å². The van der Waals surface area contributed by atoms with E-state index in [2.05, 4.69) is 33.8 Å². The highest BCUT2D eigenvalue weighted by atomic mass is 127. The number of nitrogens with zero attached hydrogens (tertiary/aromatic N) is 4. The Labute approximate surface area is 310 Å². The van der Waals surface area contributed by atoms with Crippen molar-refractivity contribution in [3.8, 4) is 23.0 Å². The minimum atomic E-state index is -0.275. The molecule has 0 heterocycles. The fourth-order valence-corrected chi connectivity index (χ4v) is 5.35. The van der Waals surface area contributed by atoms with Gasteiger partial charge in [-0.25, -0.2) is 18.8 Å². The van der Waals surface area contributed by atoms with Crippen LogP contribution in [0.25, 0.3) is 0 Å². The Bertz CT molecular complexity index is 1790. The smallest absolute Gasteiger partial charge is 0.140 e. The molecule has 0 saturated heterocycles. The van der Waals surface area contributed by atoms with Gasteiger partial charge in [0.2, 0.25) is 0 Å². The first-order valence-corrected chi connectivity index (χ1v) is 18.0. The lowest BCUT2D eigenvalue weighted by atomic mass is 10.1. The molecule has 0 amide bonds. The zero-order valence-electron chi connectivity index (χ0n) is 28.5. The van der Waals surface area contributed by atoms with Gasteiger partial charge in [-0.15, -0.1) is 0 Å². The highest BCUT2D eigenvalue weighted by molar-refractivity contribution is 14.1. The van der Waals surface area contributed by atoms with Crippen LogP contribution in [0.15, 0.2) is 70.6 Å². The number of aryl methyl sites for hydroxylation is 4. The summed E-state index contributed by atoms with van der Waals surface area (Å²) in [5.41, 5.74) is 5.83. The topological polar surface area (TPSA) is 49.7 Å². The molecule has 6 nitrogen and oxygen atoms in total. The van der Waals surface area contributed by atoms with Crippen LogP contribution in [0.3, 0.4) is 0 Å². The molecule has 0 radical (unpaired) electrons. The van der Waals surface area contributed by atoms with Crippen LogP contribution in [-0.4, -0.2) is 49.2 Å². The van der Waals surface area contributed by atoms with Crippen molar-refractivity contribution in [1.29, 1.82) is 0 Å². The molecule has 5 rings (SSSR count). The summed E-state index contributed by atoms with van der Waals surface area (Å²) in [6.07, 6.45) is 7.33. The van der Waals surface area contributed by atoms with E-state index in [1.165, 1.54) is 25.0 Å². The lowest BCUT2D eigenvalue weighted by Gasteiger charge is -2.13. The van der Waals surface area contributed by atoms with Crippen LogP contribution >= 0.6 is 45.2 Å². The molecular weight excluding hydrogens is 836 g/mol. The third kappa shape index (κ3) is 10.9. The van der Waals surface area contributed by atoms with E-state index in [0.717, 1.165) is 52.3 Å². The summed E-state index contributed by atoms with van der Waals surface area (Å²) in [5, 5.41) is 0. The van der Waals surface area contributed by atoms with E-state index >= 15 is 0 Å². The van der Waals surface area contributed by atoms with Crippen LogP contribution in [0.2, 0.25) is 0 Å². The van der Waals surface area contributed by atoms with Gasteiger partial charge in [0, 0.05) is 46.0 Å². The molecule has 0 spiro atoms. The molecule has 1 aliphatic rings. The summed E-state index contributed by atoms with van der Waals surface area (Å²) >= 11 is 3.92. The van der Waals surface area contributed by atoms with E-state index in [1.807, 2.05) is 117 Å². The van der Waals surface area contributed by atoms with Crippen LogP contribution in [-0.2, 0) is 0 Å².